The Labute approximate surface area is 265 Å². The van der Waals surface area contributed by atoms with Crippen LogP contribution in [0.4, 0.5) is 0 Å². The molecule has 8 nitrogen and oxygen atoms in total. The molecule has 256 valence electrons. The van der Waals surface area contributed by atoms with Crippen LogP contribution in [-0.4, -0.2) is 54.6 Å². The molecular formula is C34H67NO7S. The van der Waals surface area contributed by atoms with Crippen LogP contribution in [0.2, 0.25) is 0 Å². The van der Waals surface area contributed by atoms with E-state index in [0.717, 1.165) is 38.5 Å². The first-order chi connectivity index (χ1) is 20.7. The van der Waals surface area contributed by atoms with Crippen molar-refractivity contribution in [1.82, 2.24) is 5.32 Å². The number of aliphatic hydroxyl groups is 2. The topological polar surface area (TPSA) is 139 Å². The first-order valence-corrected chi connectivity index (χ1v) is 18.8. The lowest BCUT2D eigenvalue weighted by atomic mass is 10.0. The van der Waals surface area contributed by atoms with E-state index < -0.39 is 41.9 Å². The Hall–Kier alpha value is -0.940. The zero-order valence-corrected chi connectivity index (χ0v) is 28.3. The maximum absolute atomic E-state index is 12.6. The standard InChI is InChI=1S/C34H67NO7S/c1-3-5-7-9-11-13-15-17-19-20-22-24-26-28-32(36)31(30-42-43(39,40)41)35-34(38)33(37)29-27-25-23-21-18-16-14-12-10-8-6-4-2/h19-20,26,28,31-33,36-37,39-41H,3-18,21-25,27,29-30H2,1-2H3,(H,35,38)/b20-19+,28-26+/t31-,32+,33+/m0/s1. The van der Waals surface area contributed by atoms with Crippen molar-refractivity contribution in [3.05, 3.63) is 24.3 Å². The normalized spacial score (nSPS) is 14.9. The molecule has 0 aliphatic rings. The van der Waals surface area contributed by atoms with Gasteiger partial charge in [-0.1, -0.05) is 154 Å². The van der Waals surface area contributed by atoms with Gasteiger partial charge in [0.05, 0.1) is 18.8 Å². The summed E-state index contributed by atoms with van der Waals surface area (Å²) in [5.74, 6) is -0.660. The molecule has 0 aromatic carbocycles. The molecule has 0 aromatic heterocycles. The fraction of sp³-hybridized carbons (Fsp3) is 0.853. The molecule has 0 saturated carbocycles. The Morgan fingerprint density at radius 3 is 1.60 bits per heavy atom. The average Bonchev–Trinajstić information content (AvgIpc) is 2.97. The third kappa shape index (κ3) is 29.5. The largest absolute Gasteiger partial charge is 0.387 e. The summed E-state index contributed by atoms with van der Waals surface area (Å²) in [6.07, 6.45) is 31.5. The molecule has 0 spiro atoms. The van der Waals surface area contributed by atoms with E-state index in [-0.39, 0.29) is 0 Å². The van der Waals surface area contributed by atoms with E-state index in [9.17, 15) is 28.7 Å². The lowest BCUT2D eigenvalue weighted by Crippen LogP contribution is -2.49. The first kappa shape index (κ1) is 42.1. The third-order valence-corrected chi connectivity index (χ3v) is 8.21. The van der Waals surface area contributed by atoms with Crippen LogP contribution in [0.3, 0.4) is 0 Å². The second-order valence-electron chi connectivity index (χ2n) is 11.9. The summed E-state index contributed by atoms with van der Waals surface area (Å²) < 4.78 is 32.2. The van der Waals surface area contributed by atoms with Gasteiger partial charge in [0.1, 0.15) is 6.10 Å². The summed E-state index contributed by atoms with van der Waals surface area (Å²) in [6, 6.07) is -1.06. The van der Waals surface area contributed by atoms with Gasteiger partial charge >= 0.3 is 0 Å². The number of nitrogens with one attached hydrogen (secondary N) is 1. The van der Waals surface area contributed by atoms with E-state index in [0.29, 0.717) is 12.8 Å². The Morgan fingerprint density at radius 2 is 1.09 bits per heavy atom. The Kier molecular flexibility index (Phi) is 29.1. The molecule has 0 aliphatic heterocycles. The van der Waals surface area contributed by atoms with Crippen LogP contribution >= 0.6 is 11.2 Å². The van der Waals surface area contributed by atoms with Crippen molar-refractivity contribution in [2.45, 2.75) is 180 Å². The fourth-order valence-corrected chi connectivity index (χ4v) is 5.33. The summed E-state index contributed by atoms with van der Waals surface area (Å²) in [5, 5.41) is 23.4. The Balaban J connectivity index is 4.28. The van der Waals surface area contributed by atoms with Crippen LogP contribution < -0.4 is 5.32 Å². The van der Waals surface area contributed by atoms with Crippen molar-refractivity contribution < 1.29 is 32.8 Å². The van der Waals surface area contributed by atoms with Gasteiger partial charge in [0.2, 0.25) is 17.1 Å². The maximum Gasteiger partial charge on any atom is 0.249 e. The Morgan fingerprint density at radius 1 is 0.651 bits per heavy atom. The Bertz CT molecular complexity index is 684. The predicted molar refractivity (Wildman–Crippen MR) is 181 cm³/mol. The average molecular weight is 634 g/mol. The van der Waals surface area contributed by atoms with Crippen LogP contribution in [0.1, 0.15) is 162 Å². The van der Waals surface area contributed by atoms with Crippen LogP contribution in [0.25, 0.3) is 0 Å². The van der Waals surface area contributed by atoms with E-state index in [1.54, 1.807) is 6.08 Å². The summed E-state index contributed by atoms with van der Waals surface area (Å²) in [6.45, 7) is 3.93. The van der Waals surface area contributed by atoms with Crippen molar-refractivity contribution in [2.75, 3.05) is 6.61 Å². The minimum absolute atomic E-state index is 0.309. The van der Waals surface area contributed by atoms with Crippen LogP contribution in [0.5, 0.6) is 0 Å². The molecule has 0 bridgehead atoms. The molecular weight excluding hydrogens is 566 g/mol. The zero-order valence-electron chi connectivity index (χ0n) is 27.5. The minimum Gasteiger partial charge on any atom is -0.387 e. The molecule has 0 rings (SSSR count). The molecule has 3 atom stereocenters. The molecule has 43 heavy (non-hydrogen) atoms. The number of rotatable bonds is 31. The maximum atomic E-state index is 12.6. The van der Waals surface area contributed by atoms with E-state index in [2.05, 4.69) is 35.5 Å². The van der Waals surface area contributed by atoms with Gasteiger partial charge in [0.25, 0.3) is 0 Å². The lowest BCUT2D eigenvalue weighted by Gasteiger charge is -2.26. The van der Waals surface area contributed by atoms with Crippen molar-refractivity contribution in [3.63, 3.8) is 0 Å². The van der Waals surface area contributed by atoms with Gasteiger partial charge in [-0.2, -0.15) is 0 Å². The van der Waals surface area contributed by atoms with E-state index in [1.165, 1.54) is 102 Å². The number of carbonyl (C=O) groups is 1. The lowest BCUT2D eigenvalue weighted by molar-refractivity contribution is -0.131. The number of allylic oxidation sites excluding steroid dienone is 3. The van der Waals surface area contributed by atoms with Gasteiger partial charge < -0.3 is 15.5 Å². The summed E-state index contributed by atoms with van der Waals surface area (Å²) in [4.78, 5) is 12.6. The van der Waals surface area contributed by atoms with Gasteiger partial charge in [-0.05, 0) is 32.1 Å². The smallest absolute Gasteiger partial charge is 0.249 e. The number of unbranched alkanes of at least 4 members (excludes halogenated alkanes) is 19. The van der Waals surface area contributed by atoms with Gasteiger partial charge in [-0.15, -0.1) is 0 Å². The summed E-state index contributed by atoms with van der Waals surface area (Å²) in [7, 11) is 0. The monoisotopic (exact) mass is 633 g/mol. The highest BCUT2D eigenvalue weighted by molar-refractivity contribution is 8.15. The van der Waals surface area contributed by atoms with Crippen molar-refractivity contribution in [2.24, 2.45) is 0 Å². The summed E-state index contributed by atoms with van der Waals surface area (Å²) in [5.41, 5.74) is 0. The van der Waals surface area contributed by atoms with Gasteiger partial charge in [-0.25, -0.2) is 0 Å². The van der Waals surface area contributed by atoms with E-state index >= 15 is 0 Å². The predicted octanol–water partition coefficient (Wildman–Crippen LogP) is 9.47. The quantitative estimate of drug-likeness (QED) is 0.0330. The number of amides is 1. The van der Waals surface area contributed by atoms with Gasteiger partial charge in [0, 0.05) is 0 Å². The highest BCUT2D eigenvalue weighted by Crippen LogP contribution is 2.34. The molecule has 0 fully saturated rings. The molecule has 0 radical (unpaired) electrons. The fourth-order valence-electron chi connectivity index (χ4n) is 5.00. The highest BCUT2D eigenvalue weighted by atomic mass is 32.3. The number of carbonyl (C=O) groups excluding carboxylic acids is 1. The second kappa shape index (κ2) is 29.8. The SMILES string of the molecule is CCCCCCCCC/C=C/CC/C=C/[C@@H](O)[C@H](COS(O)(O)O)NC(=O)[C@H](O)CCCCCCCCCCCCCC. The highest BCUT2D eigenvalue weighted by Gasteiger charge is 2.26. The summed E-state index contributed by atoms with van der Waals surface area (Å²) >= 11 is -4.25. The molecule has 0 aromatic rings. The number of hydrogen-bond donors (Lipinski definition) is 6. The first-order valence-electron chi connectivity index (χ1n) is 17.3. The molecule has 0 unspecified atom stereocenters. The van der Waals surface area contributed by atoms with Crippen LogP contribution in [0, 0.1) is 0 Å². The molecule has 1 amide bonds. The van der Waals surface area contributed by atoms with E-state index in [4.69, 9.17) is 0 Å². The van der Waals surface area contributed by atoms with Crippen molar-refractivity contribution >= 4 is 17.1 Å². The zero-order chi connectivity index (χ0) is 32.0. The molecule has 9 heteroatoms. The molecule has 0 aliphatic carbocycles. The minimum atomic E-state index is -4.25. The van der Waals surface area contributed by atoms with Crippen molar-refractivity contribution in [1.29, 1.82) is 0 Å². The van der Waals surface area contributed by atoms with Gasteiger partial charge in [0.15, 0.2) is 0 Å². The number of hydrogen-bond acceptors (Lipinski definition) is 7. The second-order valence-corrected chi connectivity index (χ2v) is 13.1. The van der Waals surface area contributed by atoms with Crippen LogP contribution in [-0.2, 0) is 8.98 Å². The van der Waals surface area contributed by atoms with E-state index in [1.807, 2.05) is 0 Å². The molecule has 6 N–H and O–H groups in total. The van der Waals surface area contributed by atoms with Crippen molar-refractivity contribution in [3.8, 4) is 0 Å². The third-order valence-electron chi connectivity index (χ3n) is 7.75. The number of aliphatic hydroxyl groups excluding tert-OH is 2. The van der Waals surface area contributed by atoms with Crippen LogP contribution in [0.15, 0.2) is 24.3 Å². The van der Waals surface area contributed by atoms with Gasteiger partial charge in [-0.3, -0.25) is 22.6 Å². The molecule has 0 saturated heterocycles. The molecule has 0 heterocycles.